The Kier molecular flexibility index (Phi) is 10.4. The molecule has 1 fully saturated rings. The maximum Gasteiger partial charge on any atom is 0.113 e. The normalized spacial score (nSPS) is 21.4. The Morgan fingerprint density at radius 2 is 1.10 bits per heavy atom. The molecule has 1 aliphatic heterocycles. The number of rotatable bonds is 12. The molecule has 0 saturated carbocycles. The highest BCUT2D eigenvalue weighted by molar-refractivity contribution is 6.31. The van der Waals surface area contributed by atoms with Crippen LogP contribution in [-0.2, 0) is 40.5 Å². The number of ether oxygens (including phenoxy) is 3. The quantitative estimate of drug-likeness (QED) is 0.183. The van der Waals surface area contributed by atoms with E-state index >= 15 is 0 Å². The summed E-state index contributed by atoms with van der Waals surface area (Å²) in [7, 11) is 0. The van der Waals surface area contributed by atoms with Crippen LogP contribution in [0.25, 0.3) is 0 Å². The van der Waals surface area contributed by atoms with Gasteiger partial charge in [0, 0.05) is 24.2 Å². The molecule has 0 radical (unpaired) electrons. The van der Waals surface area contributed by atoms with E-state index in [1.807, 2.05) is 72.8 Å². The standard InChI is InChI=1S/C35H38ClNO3/c1-27-34(39-25-29-15-7-3-8-16-29)35(40-26-30-17-9-4-10-18-30)33(38-24-28-13-5-2-6-14-28)23-37(27)22-21-31-19-11-12-20-32(31)36/h2-20,27,33-35H,21-26H2,1H3/t27-,33+,34-,35-/m1/s1. The number of halogens is 1. The topological polar surface area (TPSA) is 30.9 Å². The first-order valence-electron chi connectivity index (χ1n) is 14.1. The first-order chi connectivity index (χ1) is 19.7. The van der Waals surface area contributed by atoms with Crippen LogP contribution in [0.5, 0.6) is 0 Å². The Hall–Kier alpha value is -2.99. The molecule has 0 aliphatic carbocycles. The first-order valence-corrected chi connectivity index (χ1v) is 14.5. The summed E-state index contributed by atoms with van der Waals surface area (Å²) >= 11 is 6.51. The molecule has 0 spiro atoms. The van der Waals surface area contributed by atoms with E-state index in [1.165, 1.54) is 0 Å². The summed E-state index contributed by atoms with van der Waals surface area (Å²) in [5.74, 6) is 0. The average molecular weight is 556 g/mol. The van der Waals surface area contributed by atoms with Crippen LogP contribution in [0.4, 0.5) is 0 Å². The summed E-state index contributed by atoms with van der Waals surface area (Å²) in [5, 5.41) is 0.810. The highest BCUT2D eigenvalue weighted by Crippen LogP contribution is 2.29. The summed E-state index contributed by atoms with van der Waals surface area (Å²) in [6, 6.07) is 39.2. The van der Waals surface area contributed by atoms with Crippen LogP contribution in [0.15, 0.2) is 115 Å². The predicted molar refractivity (Wildman–Crippen MR) is 161 cm³/mol. The molecule has 4 aromatic carbocycles. The molecule has 40 heavy (non-hydrogen) atoms. The number of nitrogens with zero attached hydrogens (tertiary/aromatic N) is 1. The summed E-state index contributed by atoms with van der Waals surface area (Å²) in [6.07, 6.45) is 0.298. The van der Waals surface area contributed by atoms with Crippen LogP contribution in [0.2, 0.25) is 5.02 Å². The minimum absolute atomic E-state index is 0.128. The van der Waals surface area contributed by atoms with E-state index in [0.29, 0.717) is 19.8 Å². The molecular weight excluding hydrogens is 518 g/mol. The number of piperidine rings is 1. The minimum Gasteiger partial charge on any atom is -0.369 e. The second-order valence-electron chi connectivity index (χ2n) is 10.4. The van der Waals surface area contributed by atoms with Gasteiger partial charge in [0.2, 0.25) is 0 Å². The van der Waals surface area contributed by atoms with Gasteiger partial charge in [-0.15, -0.1) is 0 Å². The van der Waals surface area contributed by atoms with Gasteiger partial charge in [0.25, 0.3) is 0 Å². The van der Waals surface area contributed by atoms with Crippen LogP contribution in [0.1, 0.15) is 29.2 Å². The lowest BCUT2D eigenvalue weighted by molar-refractivity contribution is -0.200. The summed E-state index contributed by atoms with van der Waals surface area (Å²) in [4.78, 5) is 2.47. The fraction of sp³-hybridized carbons (Fsp3) is 0.314. The van der Waals surface area contributed by atoms with Gasteiger partial charge in [-0.05, 0) is 41.7 Å². The maximum atomic E-state index is 6.70. The highest BCUT2D eigenvalue weighted by atomic mass is 35.5. The van der Waals surface area contributed by atoms with E-state index in [4.69, 9.17) is 25.8 Å². The lowest BCUT2D eigenvalue weighted by Gasteiger charge is -2.47. The third-order valence-corrected chi connectivity index (χ3v) is 8.03. The molecule has 0 aromatic heterocycles. The fourth-order valence-electron chi connectivity index (χ4n) is 5.35. The van der Waals surface area contributed by atoms with Crippen molar-refractivity contribution in [1.82, 2.24) is 4.90 Å². The third kappa shape index (κ3) is 7.81. The average Bonchev–Trinajstić information content (AvgIpc) is 3.00. The van der Waals surface area contributed by atoms with Crippen molar-refractivity contribution in [3.63, 3.8) is 0 Å². The minimum atomic E-state index is -0.223. The zero-order chi connectivity index (χ0) is 27.6. The molecular formula is C35H38ClNO3. The zero-order valence-corrected chi connectivity index (χ0v) is 23.8. The van der Waals surface area contributed by atoms with Gasteiger partial charge in [-0.2, -0.15) is 0 Å². The third-order valence-electron chi connectivity index (χ3n) is 7.66. The molecule has 0 unspecified atom stereocenters. The Morgan fingerprint density at radius 1 is 0.625 bits per heavy atom. The molecule has 1 heterocycles. The second kappa shape index (κ2) is 14.6. The van der Waals surface area contributed by atoms with Crippen molar-refractivity contribution in [2.75, 3.05) is 13.1 Å². The van der Waals surface area contributed by atoms with Crippen molar-refractivity contribution in [3.05, 3.63) is 143 Å². The van der Waals surface area contributed by atoms with Crippen molar-refractivity contribution in [2.45, 2.75) is 57.5 Å². The van der Waals surface area contributed by atoms with E-state index in [2.05, 4.69) is 54.3 Å². The summed E-state index contributed by atoms with van der Waals surface area (Å²) in [5.41, 5.74) is 4.58. The van der Waals surface area contributed by atoms with Gasteiger partial charge >= 0.3 is 0 Å². The van der Waals surface area contributed by atoms with Crippen molar-refractivity contribution in [2.24, 2.45) is 0 Å². The zero-order valence-electron chi connectivity index (χ0n) is 23.1. The van der Waals surface area contributed by atoms with Gasteiger partial charge in [-0.25, -0.2) is 0 Å². The molecule has 0 N–H and O–H groups in total. The Bertz CT molecular complexity index is 1290. The lowest BCUT2D eigenvalue weighted by atomic mass is 9.93. The van der Waals surface area contributed by atoms with Crippen molar-refractivity contribution >= 4 is 11.6 Å². The van der Waals surface area contributed by atoms with Crippen LogP contribution in [-0.4, -0.2) is 42.3 Å². The van der Waals surface area contributed by atoms with Gasteiger partial charge < -0.3 is 14.2 Å². The van der Waals surface area contributed by atoms with Crippen LogP contribution in [0, 0.1) is 0 Å². The predicted octanol–water partition coefficient (Wildman–Crippen LogP) is 7.34. The largest absolute Gasteiger partial charge is 0.369 e. The van der Waals surface area contributed by atoms with Gasteiger partial charge in [-0.3, -0.25) is 4.90 Å². The van der Waals surface area contributed by atoms with E-state index in [0.717, 1.165) is 46.8 Å². The first kappa shape index (κ1) is 28.5. The molecule has 1 aliphatic rings. The van der Waals surface area contributed by atoms with E-state index in [1.54, 1.807) is 0 Å². The van der Waals surface area contributed by atoms with Crippen LogP contribution < -0.4 is 0 Å². The molecule has 0 bridgehead atoms. The number of benzene rings is 4. The molecule has 5 rings (SSSR count). The molecule has 1 saturated heterocycles. The highest BCUT2D eigenvalue weighted by Gasteiger charge is 2.44. The van der Waals surface area contributed by atoms with Gasteiger partial charge in [0.1, 0.15) is 12.2 Å². The van der Waals surface area contributed by atoms with E-state index in [-0.39, 0.29) is 24.4 Å². The molecule has 5 heteroatoms. The maximum absolute atomic E-state index is 6.70. The van der Waals surface area contributed by atoms with Gasteiger partial charge in [0.15, 0.2) is 0 Å². The molecule has 4 nitrogen and oxygen atoms in total. The van der Waals surface area contributed by atoms with E-state index < -0.39 is 0 Å². The van der Waals surface area contributed by atoms with Crippen molar-refractivity contribution in [3.8, 4) is 0 Å². The number of likely N-dealkylation sites (tertiary alicyclic amines) is 1. The SMILES string of the molecule is C[C@@H]1[C@@H](OCc2ccccc2)[C@H](OCc2ccccc2)[C@@H](OCc2ccccc2)CN1CCc1ccccc1Cl. The van der Waals surface area contributed by atoms with Crippen LogP contribution in [0.3, 0.4) is 0 Å². The van der Waals surface area contributed by atoms with Gasteiger partial charge in [0.05, 0.1) is 25.9 Å². The molecule has 208 valence electrons. The van der Waals surface area contributed by atoms with Crippen LogP contribution >= 0.6 is 11.6 Å². The Balaban J connectivity index is 1.38. The monoisotopic (exact) mass is 555 g/mol. The van der Waals surface area contributed by atoms with E-state index in [9.17, 15) is 0 Å². The van der Waals surface area contributed by atoms with Crippen molar-refractivity contribution in [1.29, 1.82) is 0 Å². The number of hydrogen-bond acceptors (Lipinski definition) is 4. The molecule has 4 atom stereocenters. The second-order valence-corrected chi connectivity index (χ2v) is 10.8. The summed E-state index contributed by atoms with van der Waals surface area (Å²) in [6.45, 7) is 5.40. The lowest BCUT2D eigenvalue weighted by Crippen LogP contribution is -2.62. The van der Waals surface area contributed by atoms with Gasteiger partial charge in [-0.1, -0.05) is 121 Å². The Morgan fingerprint density at radius 3 is 1.65 bits per heavy atom. The molecule has 0 amide bonds. The number of hydrogen-bond donors (Lipinski definition) is 0. The summed E-state index contributed by atoms with van der Waals surface area (Å²) < 4.78 is 20.0. The molecule has 4 aromatic rings. The van der Waals surface area contributed by atoms with Crippen molar-refractivity contribution < 1.29 is 14.2 Å². The Labute approximate surface area is 243 Å². The fourth-order valence-corrected chi connectivity index (χ4v) is 5.58. The smallest absolute Gasteiger partial charge is 0.113 e.